The largest absolute Gasteiger partial charge is 0.474 e. The molecule has 1 aliphatic rings. The summed E-state index contributed by atoms with van der Waals surface area (Å²) in [5, 5.41) is 26.6. The van der Waals surface area contributed by atoms with Gasteiger partial charge in [-0.3, -0.25) is 4.79 Å². The summed E-state index contributed by atoms with van der Waals surface area (Å²) >= 11 is 0. The van der Waals surface area contributed by atoms with E-state index in [4.69, 9.17) is 15.0 Å². The van der Waals surface area contributed by atoms with E-state index in [1.807, 2.05) is 32.9 Å². The van der Waals surface area contributed by atoms with Crippen LogP contribution in [0.4, 0.5) is 0 Å². The van der Waals surface area contributed by atoms with Crippen molar-refractivity contribution in [3.8, 4) is 34.8 Å². The van der Waals surface area contributed by atoms with Crippen molar-refractivity contribution in [1.29, 1.82) is 5.26 Å². The van der Waals surface area contributed by atoms with Crippen LogP contribution >= 0.6 is 12.4 Å². The monoisotopic (exact) mass is 512 g/mol. The van der Waals surface area contributed by atoms with Crippen molar-refractivity contribution < 1.29 is 19.2 Å². The van der Waals surface area contributed by atoms with Gasteiger partial charge in [-0.05, 0) is 56.9 Å². The first-order valence-corrected chi connectivity index (χ1v) is 11.5. The molecular formula is C25H29ClN6O4. The number of fused-ring (bicyclic) bond motifs is 1. The molecule has 2 aromatic heterocycles. The van der Waals surface area contributed by atoms with Crippen molar-refractivity contribution in [1.82, 2.24) is 20.4 Å². The summed E-state index contributed by atoms with van der Waals surface area (Å²) < 4.78 is 11.1. The lowest BCUT2D eigenvalue weighted by Gasteiger charge is -2.30. The standard InChI is InChI=1S/C25H28N6O4.ClH/c1-12(2)34-24-15(10-26)9-16(11-29-24)25-30-23(31-35-25)18-5-6-19-17(13(18)3)7-8-28-21(19)22(33)20(27)14(4)32;/h5-6,9,11-12,14,20-21,28,32H,7-8,27H2,1-4H3;1H/t14-,20+,21?;/m1./s1. The lowest BCUT2D eigenvalue weighted by atomic mass is 9.84. The molecular weight excluding hydrogens is 484 g/mol. The summed E-state index contributed by atoms with van der Waals surface area (Å²) in [5.41, 5.74) is 10.3. The number of aliphatic hydroxyl groups is 1. The van der Waals surface area contributed by atoms with E-state index in [2.05, 4.69) is 26.5 Å². The van der Waals surface area contributed by atoms with Gasteiger partial charge in [0, 0.05) is 18.3 Å². The maximum absolute atomic E-state index is 12.8. The summed E-state index contributed by atoms with van der Waals surface area (Å²) in [6, 6.07) is 5.85. The number of rotatable bonds is 7. The molecule has 10 nitrogen and oxygen atoms in total. The van der Waals surface area contributed by atoms with Gasteiger partial charge < -0.3 is 25.4 Å². The first-order chi connectivity index (χ1) is 16.7. The molecule has 0 bridgehead atoms. The second-order valence-corrected chi connectivity index (χ2v) is 8.89. The maximum Gasteiger partial charge on any atom is 0.259 e. The lowest BCUT2D eigenvalue weighted by Crippen LogP contribution is -2.48. The smallest absolute Gasteiger partial charge is 0.259 e. The summed E-state index contributed by atoms with van der Waals surface area (Å²) in [6.45, 7) is 7.79. The number of ether oxygens (including phenoxy) is 1. The van der Waals surface area contributed by atoms with Crippen LogP contribution < -0.4 is 15.8 Å². The number of nitriles is 1. The van der Waals surface area contributed by atoms with E-state index < -0.39 is 18.2 Å². The Labute approximate surface area is 215 Å². The Kier molecular flexibility index (Phi) is 8.43. The number of carbonyl (C=O) groups excluding carboxylic acids is 1. The van der Waals surface area contributed by atoms with Crippen molar-refractivity contribution in [2.75, 3.05) is 6.54 Å². The average molecular weight is 513 g/mol. The van der Waals surface area contributed by atoms with Crippen LogP contribution in [0.5, 0.6) is 5.88 Å². The topological polar surface area (TPSA) is 160 Å². The molecule has 0 amide bonds. The molecule has 11 heteroatoms. The molecule has 190 valence electrons. The molecule has 4 rings (SSSR count). The molecule has 4 N–H and O–H groups in total. The van der Waals surface area contributed by atoms with E-state index in [0.29, 0.717) is 17.9 Å². The third kappa shape index (κ3) is 5.24. The van der Waals surface area contributed by atoms with E-state index in [1.165, 1.54) is 13.1 Å². The first-order valence-electron chi connectivity index (χ1n) is 11.5. The highest BCUT2D eigenvalue weighted by Crippen LogP contribution is 2.34. The normalized spacial score (nSPS) is 16.4. The maximum atomic E-state index is 12.8. The molecule has 0 spiro atoms. The average Bonchev–Trinajstić information content (AvgIpc) is 3.33. The van der Waals surface area contributed by atoms with Gasteiger partial charge in [0.05, 0.1) is 29.9 Å². The quantitative estimate of drug-likeness (QED) is 0.429. The Bertz CT molecular complexity index is 1300. The second kappa shape index (κ2) is 11.1. The van der Waals surface area contributed by atoms with Gasteiger partial charge in [-0.2, -0.15) is 10.2 Å². The van der Waals surface area contributed by atoms with E-state index in [1.54, 1.807) is 6.07 Å². The van der Waals surface area contributed by atoms with Gasteiger partial charge in [0.2, 0.25) is 11.7 Å². The van der Waals surface area contributed by atoms with Gasteiger partial charge in [-0.15, -0.1) is 12.4 Å². The number of nitrogens with one attached hydrogen (secondary N) is 1. The van der Waals surface area contributed by atoms with Crippen molar-refractivity contribution in [3.63, 3.8) is 0 Å². The number of ketones is 1. The highest BCUT2D eigenvalue weighted by atomic mass is 35.5. The molecule has 3 atom stereocenters. The Morgan fingerprint density at radius 2 is 2.11 bits per heavy atom. The first kappa shape index (κ1) is 27.2. The fourth-order valence-electron chi connectivity index (χ4n) is 4.17. The molecule has 0 saturated carbocycles. The summed E-state index contributed by atoms with van der Waals surface area (Å²) in [5.74, 6) is 0.628. The van der Waals surface area contributed by atoms with E-state index in [-0.39, 0.29) is 41.6 Å². The van der Waals surface area contributed by atoms with Crippen LogP contribution in [-0.4, -0.2) is 50.8 Å². The molecule has 0 saturated heterocycles. The molecule has 1 unspecified atom stereocenters. The third-order valence-electron chi connectivity index (χ3n) is 6.03. The zero-order valence-corrected chi connectivity index (χ0v) is 21.3. The fraction of sp³-hybridized carbons (Fsp3) is 0.400. The van der Waals surface area contributed by atoms with Gasteiger partial charge in [0.1, 0.15) is 11.6 Å². The van der Waals surface area contributed by atoms with Gasteiger partial charge in [-0.25, -0.2) is 4.98 Å². The van der Waals surface area contributed by atoms with Gasteiger partial charge >= 0.3 is 0 Å². The molecule has 0 fully saturated rings. The highest BCUT2D eigenvalue weighted by Gasteiger charge is 2.33. The van der Waals surface area contributed by atoms with Crippen LogP contribution in [0.3, 0.4) is 0 Å². The number of carbonyl (C=O) groups is 1. The SMILES string of the molecule is Cc1c(-c2noc(-c3cnc(OC(C)C)c(C#N)c3)n2)ccc2c1CCNC2C(=O)[C@@H](N)[C@@H](C)O.Cl. The summed E-state index contributed by atoms with van der Waals surface area (Å²) in [4.78, 5) is 21.6. The van der Waals surface area contributed by atoms with Crippen LogP contribution in [-0.2, 0) is 11.2 Å². The van der Waals surface area contributed by atoms with Gasteiger partial charge in [0.25, 0.3) is 5.89 Å². The van der Waals surface area contributed by atoms with Crippen molar-refractivity contribution in [3.05, 3.63) is 46.6 Å². The molecule has 1 aliphatic heterocycles. The number of hydrogen-bond donors (Lipinski definition) is 3. The highest BCUT2D eigenvalue weighted by molar-refractivity contribution is 5.91. The number of aromatic nitrogens is 3. The van der Waals surface area contributed by atoms with E-state index >= 15 is 0 Å². The number of benzene rings is 1. The Morgan fingerprint density at radius 1 is 1.36 bits per heavy atom. The number of nitrogens with zero attached hydrogens (tertiary/aromatic N) is 4. The molecule has 1 aromatic carbocycles. The van der Waals surface area contributed by atoms with E-state index in [9.17, 15) is 15.2 Å². The van der Waals surface area contributed by atoms with Gasteiger partial charge in [0.15, 0.2) is 5.78 Å². The zero-order chi connectivity index (χ0) is 25.3. The Balaban J connectivity index is 0.00000361. The molecule has 0 aliphatic carbocycles. The minimum absolute atomic E-state index is 0. The number of pyridine rings is 1. The minimum atomic E-state index is -0.970. The van der Waals surface area contributed by atoms with Gasteiger partial charge in [-0.1, -0.05) is 17.3 Å². The van der Waals surface area contributed by atoms with Crippen LogP contribution in [0.15, 0.2) is 28.9 Å². The molecule has 0 radical (unpaired) electrons. The van der Waals surface area contributed by atoms with Crippen LogP contribution in [0.2, 0.25) is 0 Å². The number of aliphatic hydroxyl groups excluding tert-OH is 1. The number of nitrogens with two attached hydrogens (primary N) is 1. The van der Waals surface area contributed by atoms with E-state index in [0.717, 1.165) is 28.7 Å². The van der Waals surface area contributed by atoms with Crippen molar-refractivity contribution in [2.45, 2.75) is 58.4 Å². The lowest BCUT2D eigenvalue weighted by molar-refractivity contribution is -0.124. The van der Waals surface area contributed by atoms with Crippen molar-refractivity contribution in [2.24, 2.45) is 5.73 Å². The van der Waals surface area contributed by atoms with Crippen LogP contribution in [0, 0.1) is 18.3 Å². The molecule has 3 heterocycles. The predicted molar refractivity (Wildman–Crippen MR) is 135 cm³/mol. The predicted octanol–water partition coefficient (Wildman–Crippen LogP) is 2.65. The van der Waals surface area contributed by atoms with Crippen molar-refractivity contribution >= 4 is 18.2 Å². The zero-order valence-electron chi connectivity index (χ0n) is 20.5. The number of hydrogen-bond acceptors (Lipinski definition) is 10. The summed E-state index contributed by atoms with van der Waals surface area (Å²) in [6.07, 6.45) is 1.20. The fourth-order valence-corrected chi connectivity index (χ4v) is 4.17. The summed E-state index contributed by atoms with van der Waals surface area (Å²) in [7, 11) is 0. The molecule has 3 aromatic rings. The Hall–Kier alpha value is -3.36. The minimum Gasteiger partial charge on any atom is -0.474 e. The third-order valence-corrected chi connectivity index (χ3v) is 6.03. The van der Waals surface area contributed by atoms with Crippen LogP contribution in [0.1, 0.15) is 49.1 Å². The van der Waals surface area contributed by atoms with Crippen LogP contribution in [0.25, 0.3) is 22.8 Å². The Morgan fingerprint density at radius 3 is 2.78 bits per heavy atom. The number of halogens is 1. The number of Topliss-reactive ketones (excluding diaryl/α,β-unsaturated/α-hetero) is 1. The molecule has 36 heavy (non-hydrogen) atoms. The second-order valence-electron chi connectivity index (χ2n) is 8.89.